The van der Waals surface area contributed by atoms with E-state index in [0.717, 1.165) is 6.26 Å². The van der Waals surface area contributed by atoms with E-state index < -0.39 is 27.8 Å². The molecule has 1 aromatic carbocycles. The summed E-state index contributed by atoms with van der Waals surface area (Å²) in [4.78, 5) is 23.0. The summed E-state index contributed by atoms with van der Waals surface area (Å²) in [5.74, 6) is -2.06. The van der Waals surface area contributed by atoms with Gasteiger partial charge in [-0.2, -0.15) is 0 Å². The van der Waals surface area contributed by atoms with Crippen molar-refractivity contribution in [2.24, 2.45) is 5.73 Å². The Morgan fingerprint density at radius 3 is 2.57 bits per heavy atom. The molecular formula is C12H15BrN2O5S. The van der Waals surface area contributed by atoms with Crippen molar-refractivity contribution in [2.75, 3.05) is 17.3 Å². The molecule has 116 valence electrons. The molecule has 4 N–H and O–H groups in total. The number of carbonyl (C=O) groups excluding carboxylic acids is 1. The van der Waals surface area contributed by atoms with Crippen molar-refractivity contribution in [1.29, 1.82) is 0 Å². The first-order valence-corrected chi connectivity index (χ1v) is 8.73. The second-order valence-corrected chi connectivity index (χ2v) is 7.60. The summed E-state index contributed by atoms with van der Waals surface area (Å²) in [6.45, 7) is 0. The fraction of sp³-hybridized carbons (Fsp3) is 0.333. The third kappa shape index (κ3) is 5.44. The van der Waals surface area contributed by atoms with Crippen molar-refractivity contribution in [2.45, 2.75) is 12.5 Å². The van der Waals surface area contributed by atoms with Gasteiger partial charge >= 0.3 is 5.97 Å². The Morgan fingerprint density at radius 1 is 1.43 bits per heavy atom. The molecule has 0 bridgehead atoms. The first-order valence-electron chi connectivity index (χ1n) is 5.88. The van der Waals surface area contributed by atoms with Crippen molar-refractivity contribution < 1.29 is 23.1 Å². The number of carboxylic acid groups (broad SMARTS) is 1. The minimum atomic E-state index is -3.22. The zero-order chi connectivity index (χ0) is 16.2. The van der Waals surface area contributed by atoms with Gasteiger partial charge in [0.25, 0.3) is 0 Å². The summed E-state index contributed by atoms with van der Waals surface area (Å²) in [5, 5.41) is 11.5. The zero-order valence-corrected chi connectivity index (χ0v) is 13.6. The maximum Gasteiger partial charge on any atom is 0.337 e. The fourth-order valence-corrected chi connectivity index (χ4v) is 2.66. The predicted octanol–water partition coefficient (Wildman–Crippen LogP) is 0.848. The van der Waals surface area contributed by atoms with Crippen LogP contribution in [0.25, 0.3) is 0 Å². The number of hydrogen-bond acceptors (Lipinski definition) is 5. The molecule has 21 heavy (non-hydrogen) atoms. The van der Waals surface area contributed by atoms with Crippen LogP contribution in [0.5, 0.6) is 0 Å². The molecule has 9 heteroatoms. The number of anilines is 1. The van der Waals surface area contributed by atoms with E-state index in [-0.39, 0.29) is 23.4 Å². The van der Waals surface area contributed by atoms with Crippen molar-refractivity contribution in [1.82, 2.24) is 0 Å². The second-order valence-electron chi connectivity index (χ2n) is 4.48. The lowest BCUT2D eigenvalue weighted by molar-refractivity contribution is -0.117. The van der Waals surface area contributed by atoms with Gasteiger partial charge in [-0.05, 0) is 34.5 Å². The van der Waals surface area contributed by atoms with Crippen LogP contribution in [0.15, 0.2) is 22.7 Å². The van der Waals surface area contributed by atoms with Gasteiger partial charge in [0.1, 0.15) is 9.84 Å². The number of aromatic carboxylic acids is 1. The molecule has 1 aromatic rings. The van der Waals surface area contributed by atoms with Gasteiger partial charge in [0.15, 0.2) is 0 Å². The van der Waals surface area contributed by atoms with E-state index in [1.54, 1.807) is 6.07 Å². The molecule has 0 aromatic heterocycles. The highest BCUT2D eigenvalue weighted by Gasteiger charge is 2.20. The average Bonchev–Trinajstić information content (AvgIpc) is 2.36. The Bertz CT molecular complexity index is 660. The second kappa shape index (κ2) is 7.01. The first kappa shape index (κ1) is 17.6. The largest absolute Gasteiger partial charge is 0.478 e. The van der Waals surface area contributed by atoms with Crippen LogP contribution < -0.4 is 11.1 Å². The topological polar surface area (TPSA) is 127 Å². The number of nitrogens with one attached hydrogen (secondary N) is 1. The minimum Gasteiger partial charge on any atom is -0.478 e. The third-order valence-corrected chi connectivity index (χ3v) is 4.27. The first-order chi connectivity index (χ1) is 9.61. The Kier molecular flexibility index (Phi) is 5.87. The Morgan fingerprint density at radius 2 is 2.05 bits per heavy atom. The summed E-state index contributed by atoms with van der Waals surface area (Å²) < 4.78 is 22.5. The fourth-order valence-electron chi connectivity index (χ4n) is 1.52. The zero-order valence-electron chi connectivity index (χ0n) is 11.2. The molecule has 0 aliphatic carbocycles. The van der Waals surface area contributed by atoms with Gasteiger partial charge in [-0.15, -0.1) is 0 Å². The molecule has 0 fully saturated rings. The lowest BCUT2D eigenvalue weighted by Gasteiger charge is -2.14. The highest BCUT2D eigenvalue weighted by atomic mass is 79.9. The monoisotopic (exact) mass is 378 g/mol. The number of hydrogen-bond donors (Lipinski definition) is 3. The van der Waals surface area contributed by atoms with Gasteiger partial charge in [-0.25, -0.2) is 13.2 Å². The van der Waals surface area contributed by atoms with Crippen LogP contribution in [-0.2, 0) is 14.6 Å². The van der Waals surface area contributed by atoms with E-state index in [9.17, 15) is 18.0 Å². The van der Waals surface area contributed by atoms with Crippen LogP contribution in [0, 0.1) is 0 Å². The number of carbonyl (C=O) groups is 2. The molecular weight excluding hydrogens is 364 g/mol. The van der Waals surface area contributed by atoms with Crippen molar-refractivity contribution >= 4 is 43.3 Å². The summed E-state index contributed by atoms with van der Waals surface area (Å²) in [7, 11) is -3.22. The van der Waals surface area contributed by atoms with E-state index >= 15 is 0 Å². The third-order valence-electron chi connectivity index (χ3n) is 2.63. The Hall–Kier alpha value is -1.45. The molecule has 0 radical (unpaired) electrons. The standard InChI is InChI=1S/C12H15BrN2O5S/c1-21(19,20)6-5-9(14)11(16)15-10-7(12(17)18)3-2-4-8(10)13/h2-4,9H,5-6,14H2,1H3,(H,15,16)(H,17,18). The number of benzene rings is 1. The van der Waals surface area contributed by atoms with E-state index in [1.807, 2.05) is 0 Å². The molecule has 0 heterocycles. The molecule has 7 nitrogen and oxygen atoms in total. The van der Waals surface area contributed by atoms with Gasteiger partial charge in [0.2, 0.25) is 5.91 Å². The highest BCUT2D eigenvalue weighted by Crippen LogP contribution is 2.26. The highest BCUT2D eigenvalue weighted by molar-refractivity contribution is 9.10. The van der Waals surface area contributed by atoms with Gasteiger partial charge in [0, 0.05) is 10.7 Å². The van der Waals surface area contributed by atoms with Crippen LogP contribution in [0.4, 0.5) is 5.69 Å². The normalized spacial score (nSPS) is 12.7. The van der Waals surface area contributed by atoms with Crippen LogP contribution in [0.3, 0.4) is 0 Å². The smallest absolute Gasteiger partial charge is 0.337 e. The molecule has 1 atom stereocenters. The van der Waals surface area contributed by atoms with E-state index in [1.165, 1.54) is 12.1 Å². The van der Waals surface area contributed by atoms with Crippen LogP contribution in [0.2, 0.25) is 0 Å². The van der Waals surface area contributed by atoms with Crippen molar-refractivity contribution in [3.05, 3.63) is 28.2 Å². The SMILES string of the molecule is CS(=O)(=O)CCC(N)C(=O)Nc1c(Br)cccc1C(=O)O. The number of nitrogens with two attached hydrogens (primary N) is 1. The molecule has 1 rings (SSSR count). The average molecular weight is 379 g/mol. The molecule has 0 saturated carbocycles. The molecule has 1 unspecified atom stereocenters. The summed E-state index contributed by atoms with van der Waals surface area (Å²) in [5.41, 5.74) is 5.61. The number of rotatable bonds is 6. The molecule has 0 spiro atoms. The van der Waals surface area contributed by atoms with Gasteiger partial charge in [-0.3, -0.25) is 4.79 Å². The summed E-state index contributed by atoms with van der Waals surface area (Å²) >= 11 is 3.15. The lowest BCUT2D eigenvalue weighted by atomic mass is 10.1. The molecule has 1 amide bonds. The number of carboxylic acids is 1. The Balaban J connectivity index is 2.86. The molecule has 0 saturated heterocycles. The Labute approximate surface area is 130 Å². The quantitative estimate of drug-likeness (QED) is 0.673. The number of halogens is 1. The van der Waals surface area contributed by atoms with E-state index in [0.29, 0.717) is 4.47 Å². The van der Waals surface area contributed by atoms with Crippen molar-refractivity contribution in [3.63, 3.8) is 0 Å². The van der Waals surface area contributed by atoms with Crippen LogP contribution in [0.1, 0.15) is 16.8 Å². The summed E-state index contributed by atoms with van der Waals surface area (Å²) in [6.07, 6.45) is 1.01. The van der Waals surface area contributed by atoms with E-state index in [4.69, 9.17) is 10.8 Å². The predicted molar refractivity (Wildman–Crippen MR) is 82.0 cm³/mol. The summed E-state index contributed by atoms with van der Waals surface area (Å²) in [6, 6.07) is 3.38. The molecule has 0 aliphatic rings. The number of amides is 1. The van der Waals surface area contributed by atoms with Crippen LogP contribution >= 0.6 is 15.9 Å². The van der Waals surface area contributed by atoms with Gasteiger partial charge in [0.05, 0.1) is 23.0 Å². The van der Waals surface area contributed by atoms with Gasteiger partial charge in [-0.1, -0.05) is 6.07 Å². The lowest BCUT2D eigenvalue weighted by Crippen LogP contribution is -2.37. The number of para-hydroxylation sites is 1. The van der Waals surface area contributed by atoms with Gasteiger partial charge < -0.3 is 16.2 Å². The molecule has 0 aliphatic heterocycles. The maximum absolute atomic E-state index is 11.9. The minimum absolute atomic E-state index is 0.0441. The van der Waals surface area contributed by atoms with E-state index in [2.05, 4.69) is 21.2 Å². The maximum atomic E-state index is 11.9. The van der Waals surface area contributed by atoms with Crippen LogP contribution in [-0.4, -0.2) is 43.5 Å². The van der Waals surface area contributed by atoms with Crippen molar-refractivity contribution in [3.8, 4) is 0 Å². The number of sulfone groups is 1.